The Kier molecular flexibility index (Phi) is 9.49. The minimum absolute atomic E-state index is 0.187. The largest absolute Gasteiger partial charge is 0.289 e. The zero-order chi connectivity index (χ0) is 16.3. The average Bonchev–Trinajstić information content (AvgIpc) is 2.47. The molecular weight excluding hydrogens is 284 g/mol. The van der Waals surface area contributed by atoms with Gasteiger partial charge in [0, 0.05) is 22.9 Å². The predicted octanol–water partition coefficient (Wildman–Crippen LogP) is 4.65. The molecule has 4 heteroatoms. The van der Waals surface area contributed by atoms with E-state index in [1.807, 2.05) is 19.1 Å². The maximum absolute atomic E-state index is 12.4. The van der Waals surface area contributed by atoms with E-state index in [0.29, 0.717) is 10.7 Å². The van der Waals surface area contributed by atoms with E-state index >= 15 is 0 Å². The molecule has 0 aliphatic rings. The Morgan fingerprint density at radius 1 is 1.43 bits per heavy atom. The van der Waals surface area contributed by atoms with Gasteiger partial charge in [0.15, 0.2) is 5.78 Å². The van der Waals surface area contributed by atoms with Gasteiger partial charge >= 0.3 is 0 Å². The summed E-state index contributed by atoms with van der Waals surface area (Å²) in [5.74, 6) is -0.282. The van der Waals surface area contributed by atoms with E-state index in [-0.39, 0.29) is 16.9 Å². The number of aliphatic imine (C=N–C) groups is 1. The van der Waals surface area contributed by atoms with Crippen LogP contribution in [0.4, 0.5) is 0 Å². The molecule has 0 spiro atoms. The number of halogens is 1. The molecule has 0 N–H and O–H groups in total. The topological polar surface area (TPSA) is 53.2 Å². The van der Waals surface area contributed by atoms with E-state index in [9.17, 15) is 4.79 Å². The number of carbonyl (C=O) groups is 1. The maximum atomic E-state index is 12.4. The highest BCUT2D eigenvalue weighted by Gasteiger charge is 2.11. The molecule has 0 saturated carbocycles. The van der Waals surface area contributed by atoms with Gasteiger partial charge in [-0.25, -0.2) is 4.99 Å². The van der Waals surface area contributed by atoms with Crippen molar-refractivity contribution >= 4 is 22.6 Å². The number of allylic oxidation sites excluding steroid dienone is 7. The van der Waals surface area contributed by atoms with Crippen molar-refractivity contribution in [2.75, 3.05) is 0 Å². The van der Waals surface area contributed by atoms with Crippen LogP contribution in [0.3, 0.4) is 0 Å². The third-order valence-corrected chi connectivity index (χ3v) is 2.45. The number of carbonyl (C=O) groups excluding carboxylic acids is 1. The quantitative estimate of drug-likeness (QED) is 0.284. The van der Waals surface area contributed by atoms with Crippen molar-refractivity contribution in [2.24, 2.45) is 4.99 Å². The van der Waals surface area contributed by atoms with Gasteiger partial charge in [-0.15, -0.1) is 0 Å². The van der Waals surface area contributed by atoms with Gasteiger partial charge in [0.2, 0.25) is 0 Å². The SMILES string of the molecule is C=C/C(=C\C(=C)C#N)C(=O)C(/C=C/CCC)=C/N=C(C)Cl. The van der Waals surface area contributed by atoms with Crippen LogP contribution in [0.25, 0.3) is 0 Å². The van der Waals surface area contributed by atoms with Crippen molar-refractivity contribution in [3.63, 3.8) is 0 Å². The highest BCUT2D eigenvalue weighted by Crippen LogP contribution is 2.12. The van der Waals surface area contributed by atoms with Gasteiger partial charge in [-0.05, 0) is 19.4 Å². The molecular formula is C17H19ClN2O. The zero-order valence-corrected chi connectivity index (χ0v) is 13.2. The van der Waals surface area contributed by atoms with Crippen molar-refractivity contribution < 1.29 is 4.79 Å². The van der Waals surface area contributed by atoms with E-state index in [2.05, 4.69) is 18.2 Å². The normalized spacial score (nSPS) is 13.1. The first-order valence-corrected chi connectivity index (χ1v) is 6.88. The van der Waals surface area contributed by atoms with Crippen molar-refractivity contribution in [2.45, 2.75) is 26.7 Å². The van der Waals surface area contributed by atoms with Crippen LogP contribution in [0.15, 0.2) is 65.4 Å². The molecule has 0 bridgehead atoms. The minimum atomic E-state index is -0.282. The number of hydrogen-bond acceptors (Lipinski definition) is 3. The standard InChI is InChI=1S/C17H19ClN2O/c1-5-7-8-9-16(12-20-14(4)18)17(21)15(6-2)10-13(3)11-19/h6,8-10,12H,2-3,5,7H2,1,4H3/b9-8+,15-10+,16-12+,20-14?. The Bertz CT molecular complexity index is 568. The number of ketones is 1. The van der Waals surface area contributed by atoms with Gasteiger partial charge in [0.05, 0.1) is 6.07 Å². The second kappa shape index (κ2) is 10.6. The molecule has 0 fully saturated rings. The van der Waals surface area contributed by atoms with E-state index in [1.54, 1.807) is 13.0 Å². The maximum Gasteiger partial charge on any atom is 0.194 e. The molecule has 0 rings (SSSR count). The lowest BCUT2D eigenvalue weighted by atomic mass is 10.0. The third-order valence-electron chi connectivity index (χ3n) is 2.35. The molecule has 0 heterocycles. The summed E-state index contributed by atoms with van der Waals surface area (Å²) >= 11 is 5.69. The van der Waals surface area contributed by atoms with Crippen LogP contribution in [0.5, 0.6) is 0 Å². The van der Waals surface area contributed by atoms with Crippen molar-refractivity contribution in [1.82, 2.24) is 0 Å². The Balaban J connectivity index is 5.56. The van der Waals surface area contributed by atoms with Crippen molar-refractivity contribution in [3.05, 3.63) is 60.4 Å². The van der Waals surface area contributed by atoms with Gasteiger partial charge in [0.25, 0.3) is 0 Å². The van der Waals surface area contributed by atoms with E-state index in [1.165, 1.54) is 18.4 Å². The second-order valence-corrected chi connectivity index (χ2v) is 4.72. The molecule has 0 aliphatic carbocycles. The van der Waals surface area contributed by atoms with Crippen LogP contribution in [-0.4, -0.2) is 11.0 Å². The van der Waals surface area contributed by atoms with Gasteiger partial charge < -0.3 is 0 Å². The summed E-state index contributed by atoms with van der Waals surface area (Å²) < 4.78 is 0. The summed E-state index contributed by atoms with van der Waals surface area (Å²) in [6.07, 6.45) is 9.61. The summed E-state index contributed by atoms with van der Waals surface area (Å²) in [5, 5.41) is 9.07. The van der Waals surface area contributed by atoms with Gasteiger partial charge in [-0.1, -0.05) is 56.3 Å². The summed E-state index contributed by atoms with van der Waals surface area (Å²) in [5.41, 5.74) is 0.851. The van der Waals surface area contributed by atoms with Gasteiger partial charge in [-0.2, -0.15) is 5.26 Å². The monoisotopic (exact) mass is 302 g/mol. The van der Waals surface area contributed by atoms with E-state index in [0.717, 1.165) is 12.8 Å². The summed E-state index contributed by atoms with van der Waals surface area (Å²) in [7, 11) is 0. The summed E-state index contributed by atoms with van der Waals surface area (Å²) in [6, 6.07) is 1.87. The molecule has 0 radical (unpaired) electrons. The van der Waals surface area contributed by atoms with Crippen LogP contribution in [0.2, 0.25) is 0 Å². The van der Waals surface area contributed by atoms with Gasteiger partial charge in [0.1, 0.15) is 5.17 Å². The molecule has 0 aromatic rings. The fourth-order valence-corrected chi connectivity index (χ4v) is 1.37. The van der Waals surface area contributed by atoms with Crippen molar-refractivity contribution in [3.8, 4) is 6.07 Å². The number of unbranched alkanes of at least 4 members (excludes halogenated alkanes) is 1. The lowest BCUT2D eigenvalue weighted by Gasteiger charge is -2.02. The Labute approximate surface area is 131 Å². The predicted molar refractivity (Wildman–Crippen MR) is 89.1 cm³/mol. The van der Waals surface area contributed by atoms with Crippen LogP contribution in [0.1, 0.15) is 26.7 Å². The van der Waals surface area contributed by atoms with Crippen LogP contribution < -0.4 is 0 Å². The number of hydrogen-bond donors (Lipinski definition) is 0. The van der Waals surface area contributed by atoms with E-state index in [4.69, 9.17) is 16.9 Å². The van der Waals surface area contributed by atoms with Crippen LogP contribution >= 0.6 is 11.6 Å². The molecule has 0 aromatic carbocycles. The van der Waals surface area contributed by atoms with Crippen LogP contribution in [0, 0.1) is 11.3 Å². The molecule has 0 saturated heterocycles. The molecule has 0 amide bonds. The first-order valence-electron chi connectivity index (χ1n) is 6.50. The molecule has 21 heavy (non-hydrogen) atoms. The Morgan fingerprint density at radius 2 is 2.10 bits per heavy atom. The Morgan fingerprint density at radius 3 is 2.57 bits per heavy atom. The zero-order valence-electron chi connectivity index (χ0n) is 12.4. The molecule has 0 atom stereocenters. The smallest absolute Gasteiger partial charge is 0.194 e. The number of rotatable bonds is 8. The summed E-state index contributed by atoms with van der Waals surface area (Å²) in [6.45, 7) is 10.8. The highest BCUT2D eigenvalue weighted by molar-refractivity contribution is 6.64. The second-order valence-electron chi connectivity index (χ2n) is 4.17. The number of nitriles is 1. The lowest BCUT2D eigenvalue weighted by Crippen LogP contribution is -2.03. The minimum Gasteiger partial charge on any atom is -0.289 e. The first kappa shape index (κ1) is 18.8. The van der Waals surface area contributed by atoms with Crippen molar-refractivity contribution in [1.29, 1.82) is 5.26 Å². The van der Waals surface area contributed by atoms with Crippen LogP contribution in [-0.2, 0) is 4.79 Å². The lowest BCUT2D eigenvalue weighted by molar-refractivity contribution is -0.111. The molecule has 0 aliphatic heterocycles. The Hall–Kier alpha value is -2.18. The number of Topliss-reactive ketones (excluding diaryl/α,β-unsaturated/α-hetero) is 1. The van der Waals surface area contributed by atoms with Gasteiger partial charge in [-0.3, -0.25) is 4.79 Å². The fraction of sp³-hybridized carbons (Fsp3) is 0.235. The fourth-order valence-electron chi connectivity index (χ4n) is 1.32. The average molecular weight is 303 g/mol. The molecule has 110 valence electrons. The van der Waals surface area contributed by atoms with E-state index < -0.39 is 0 Å². The molecule has 0 unspecified atom stereocenters. The molecule has 3 nitrogen and oxygen atoms in total. The number of nitrogens with zero attached hydrogens (tertiary/aromatic N) is 2. The summed E-state index contributed by atoms with van der Waals surface area (Å²) in [4.78, 5) is 16.4. The third kappa shape index (κ3) is 7.86. The molecule has 0 aromatic heterocycles. The first-order chi connectivity index (χ1) is 9.96. The highest BCUT2D eigenvalue weighted by atomic mass is 35.5.